The van der Waals surface area contributed by atoms with E-state index in [1.807, 2.05) is 0 Å². The van der Waals surface area contributed by atoms with Gasteiger partial charge in [-0.25, -0.2) is 0 Å². The fraction of sp³-hybridized carbons (Fsp3) is 1.00. The maximum absolute atomic E-state index is 3.40. The Balaban J connectivity index is 2.01. The van der Waals surface area contributed by atoms with Gasteiger partial charge in [-0.15, -0.1) is 0 Å². The molecule has 0 aliphatic heterocycles. The van der Waals surface area contributed by atoms with Crippen molar-refractivity contribution in [1.29, 1.82) is 0 Å². The Morgan fingerprint density at radius 3 is 2.33 bits per heavy atom. The van der Waals surface area contributed by atoms with Gasteiger partial charge in [-0.3, -0.25) is 0 Å². The molecular weight excluding hydrogens is 220 g/mol. The molecule has 0 aromatic rings. The summed E-state index contributed by atoms with van der Waals surface area (Å²) < 4.78 is 0. The third-order valence-electron chi connectivity index (χ3n) is 4.63. The molecule has 0 unspecified atom stereocenters. The largest absolute Gasteiger partial charge is 0.317 e. The van der Waals surface area contributed by atoms with Gasteiger partial charge in [0.25, 0.3) is 0 Å². The van der Waals surface area contributed by atoms with Gasteiger partial charge in [-0.1, -0.05) is 26.7 Å². The maximum atomic E-state index is 3.40. The number of hydrogen-bond donors (Lipinski definition) is 1. The summed E-state index contributed by atoms with van der Waals surface area (Å²) in [6.07, 6.45) is 11.3. The summed E-state index contributed by atoms with van der Waals surface area (Å²) in [6, 6.07) is 0.876. The predicted molar refractivity (Wildman–Crippen MR) is 81.1 cm³/mol. The van der Waals surface area contributed by atoms with Crippen molar-refractivity contribution in [1.82, 2.24) is 10.2 Å². The second-order valence-corrected chi connectivity index (χ2v) is 5.98. The highest BCUT2D eigenvalue weighted by Crippen LogP contribution is 2.28. The van der Waals surface area contributed by atoms with Crippen molar-refractivity contribution in [3.63, 3.8) is 0 Å². The molecule has 0 saturated heterocycles. The Labute approximate surface area is 115 Å². The molecule has 1 N–H and O–H groups in total. The van der Waals surface area contributed by atoms with Crippen LogP contribution in [-0.4, -0.2) is 37.6 Å². The van der Waals surface area contributed by atoms with Gasteiger partial charge in [0.05, 0.1) is 0 Å². The highest BCUT2D eigenvalue weighted by Gasteiger charge is 2.22. The first-order chi connectivity index (χ1) is 8.77. The van der Waals surface area contributed by atoms with Gasteiger partial charge in [0.15, 0.2) is 0 Å². The van der Waals surface area contributed by atoms with Gasteiger partial charge < -0.3 is 10.2 Å². The van der Waals surface area contributed by atoms with Crippen LogP contribution in [0.4, 0.5) is 0 Å². The fourth-order valence-electron chi connectivity index (χ4n) is 3.14. The van der Waals surface area contributed by atoms with Gasteiger partial charge in [0, 0.05) is 6.04 Å². The lowest BCUT2D eigenvalue weighted by molar-refractivity contribution is 0.161. The van der Waals surface area contributed by atoms with Crippen molar-refractivity contribution < 1.29 is 0 Å². The molecule has 0 spiro atoms. The minimum absolute atomic E-state index is 0.876. The highest BCUT2D eigenvalue weighted by atomic mass is 15.1. The van der Waals surface area contributed by atoms with Crippen molar-refractivity contribution >= 4 is 0 Å². The van der Waals surface area contributed by atoms with Crippen molar-refractivity contribution in [2.24, 2.45) is 5.92 Å². The van der Waals surface area contributed by atoms with E-state index in [0.29, 0.717) is 0 Å². The average molecular weight is 254 g/mol. The summed E-state index contributed by atoms with van der Waals surface area (Å²) in [6.45, 7) is 8.13. The molecule has 18 heavy (non-hydrogen) atoms. The highest BCUT2D eigenvalue weighted by molar-refractivity contribution is 4.77. The van der Waals surface area contributed by atoms with Crippen LogP contribution >= 0.6 is 0 Å². The van der Waals surface area contributed by atoms with Gasteiger partial charge in [-0.2, -0.15) is 0 Å². The summed E-state index contributed by atoms with van der Waals surface area (Å²) >= 11 is 0. The summed E-state index contributed by atoms with van der Waals surface area (Å²) in [5.41, 5.74) is 0. The van der Waals surface area contributed by atoms with Crippen LogP contribution in [0.25, 0.3) is 0 Å². The molecule has 2 heteroatoms. The molecular formula is C16H34N2. The van der Waals surface area contributed by atoms with Gasteiger partial charge in [0.2, 0.25) is 0 Å². The lowest BCUT2D eigenvalue weighted by Gasteiger charge is -2.34. The second-order valence-electron chi connectivity index (χ2n) is 5.98. The maximum Gasteiger partial charge on any atom is 0.00924 e. The zero-order valence-electron chi connectivity index (χ0n) is 12.9. The third-order valence-corrected chi connectivity index (χ3v) is 4.63. The first kappa shape index (κ1) is 16.0. The van der Waals surface area contributed by atoms with Crippen molar-refractivity contribution in [3.8, 4) is 0 Å². The Kier molecular flexibility index (Phi) is 8.70. The van der Waals surface area contributed by atoms with Gasteiger partial charge >= 0.3 is 0 Å². The molecule has 0 radical (unpaired) electrons. The Morgan fingerprint density at radius 1 is 1.00 bits per heavy atom. The summed E-state index contributed by atoms with van der Waals surface area (Å²) in [5.74, 6) is 1.02. The van der Waals surface area contributed by atoms with Crippen LogP contribution in [-0.2, 0) is 0 Å². The smallest absolute Gasteiger partial charge is 0.00924 e. The standard InChI is InChI=1S/C16H34N2/c1-4-15-9-11-16(12-10-15)18(3)14-8-6-7-13-17-5-2/h15-17H,4-14H2,1-3H3. The molecule has 1 aliphatic carbocycles. The lowest BCUT2D eigenvalue weighted by atomic mass is 9.84. The molecule has 0 aromatic carbocycles. The molecule has 0 aromatic heterocycles. The Bertz CT molecular complexity index is 186. The van der Waals surface area contributed by atoms with E-state index in [0.717, 1.165) is 18.5 Å². The van der Waals surface area contributed by atoms with E-state index in [1.54, 1.807) is 0 Å². The van der Waals surface area contributed by atoms with Gasteiger partial charge in [-0.05, 0) is 71.1 Å². The van der Waals surface area contributed by atoms with E-state index in [1.165, 1.54) is 64.5 Å². The van der Waals surface area contributed by atoms with Crippen LogP contribution in [0.2, 0.25) is 0 Å². The quantitative estimate of drug-likeness (QED) is 0.632. The first-order valence-electron chi connectivity index (χ1n) is 8.18. The number of nitrogens with zero attached hydrogens (tertiary/aromatic N) is 1. The summed E-state index contributed by atoms with van der Waals surface area (Å²) in [4.78, 5) is 2.62. The normalized spacial score (nSPS) is 24.7. The molecule has 0 heterocycles. The SMILES string of the molecule is CCNCCCCCN(C)C1CCC(CC)CC1. The fourth-order valence-corrected chi connectivity index (χ4v) is 3.14. The van der Waals surface area contributed by atoms with E-state index in [-0.39, 0.29) is 0 Å². The molecule has 0 amide bonds. The zero-order valence-corrected chi connectivity index (χ0v) is 12.9. The van der Waals surface area contributed by atoms with Crippen LogP contribution in [0.5, 0.6) is 0 Å². The minimum Gasteiger partial charge on any atom is -0.317 e. The zero-order chi connectivity index (χ0) is 13.2. The van der Waals surface area contributed by atoms with Crippen molar-refractivity contribution in [2.75, 3.05) is 26.7 Å². The van der Waals surface area contributed by atoms with E-state index in [9.17, 15) is 0 Å². The van der Waals surface area contributed by atoms with E-state index in [4.69, 9.17) is 0 Å². The molecule has 0 atom stereocenters. The van der Waals surface area contributed by atoms with E-state index < -0.39 is 0 Å². The Hall–Kier alpha value is -0.0800. The van der Waals surface area contributed by atoms with Gasteiger partial charge in [0.1, 0.15) is 0 Å². The molecule has 2 nitrogen and oxygen atoms in total. The molecule has 1 fully saturated rings. The van der Waals surface area contributed by atoms with Crippen molar-refractivity contribution in [2.45, 2.75) is 71.3 Å². The number of nitrogens with one attached hydrogen (secondary N) is 1. The molecule has 108 valence electrons. The third kappa shape index (κ3) is 6.19. The molecule has 1 saturated carbocycles. The van der Waals surface area contributed by atoms with Crippen molar-refractivity contribution in [3.05, 3.63) is 0 Å². The van der Waals surface area contributed by atoms with E-state index >= 15 is 0 Å². The molecule has 0 bridgehead atoms. The average Bonchev–Trinajstić information content (AvgIpc) is 2.42. The Morgan fingerprint density at radius 2 is 1.72 bits per heavy atom. The van der Waals surface area contributed by atoms with Crippen LogP contribution in [0.15, 0.2) is 0 Å². The molecule has 1 aliphatic rings. The monoisotopic (exact) mass is 254 g/mol. The second kappa shape index (κ2) is 9.80. The lowest BCUT2D eigenvalue weighted by Crippen LogP contribution is -2.35. The van der Waals surface area contributed by atoms with Crippen LogP contribution < -0.4 is 5.32 Å². The van der Waals surface area contributed by atoms with E-state index in [2.05, 4.69) is 31.1 Å². The van der Waals surface area contributed by atoms with Crippen LogP contribution in [0.1, 0.15) is 65.2 Å². The van der Waals surface area contributed by atoms with Crippen LogP contribution in [0, 0.1) is 5.92 Å². The van der Waals surface area contributed by atoms with Crippen LogP contribution in [0.3, 0.4) is 0 Å². The number of rotatable bonds is 9. The molecule has 1 rings (SSSR count). The minimum atomic E-state index is 0.876. The predicted octanol–water partition coefficient (Wildman–Crippen LogP) is 3.67. The topological polar surface area (TPSA) is 15.3 Å². The number of unbranched alkanes of at least 4 members (excludes halogenated alkanes) is 2. The summed E-state index contributed by atoms with van der Waals surface area (Å²) in [5, 5.41) is 3.40. The summed E-state index contributed by atoms with van der Waals surface area (Å²) in [7, 11) is 2.33. The first-order valence-corrected chi connectivity index (χ1v) is 8.18. The number of hydrogen-bond acceptors (Lipinski definition) is 2.